The van der Waals surface area contributed by atoms with Crippen molar-refractivity contribution in [3.8, 4) is 22.9 Å². The lowest BCUT2D eigenvalue weighted by atomic mass is 9.97. The van der Waals surface area contributed by atoms with Gasteiger partial charge in [0.05, 0.1) is 16.0 Å². The first kappa shape index (κ1) is 31.9. The third-order valence-electron chi connectivity index (χ3n) is 7.01. The molecule has 45 heavy (non-hydrogen) atoms. The lowest BCUT2D eigenvalue weighted by Crippen LogP contribution is -2.49. The summed E-state index contributed by atoms with van der Waals surface area (Å²) in [6.45, 7) is 9.06. The zero-order chi connectivity index (χ0) is 32.5. The molecular formula is C31H33F3N6O4S. The smallest absolute Gasteiger partial charge is 0.416 e. The van der Waals surface area contributed by atoms with Crippen molar-refractivity contribution in [2.75, 3.05) is 17.2 Å². The second-order valence-electron chi connectivity index (χ2n) is 11.8. The number of rotatable bonds is 6. The molecule has 2 N–H and O–H groups in total. The normalized spacial score (nSPS) is 17.2. The van der Waals surface area contributed by atoms with Crippen molar-refractivity contribution in [1.82, 2.24) is 19.9 Å². The molecule has 2 unspecified atom stereocenters. The zero-order valence-corrected chi connectivity index (χ0v) is 26.2. The number of likely N-dealkylation sites (tertiary alicyclic amines) is 1. The number of piperidine rings is 1. The van der Waals surface area contributed by atoms with Crippen molar-refractivity contribution in [3.05, 3.63) is 54.4 Å². The third-order valence-corrected chi connectivity index (χ3v) is 7.94. The summed E-state index contributed by atoms with van der Waals surface area (Å²) in [7, 11) is 0. The van der Waals surface area contributed by atoms with Gasteiger partial charge in [0.15, 0.2) is 10.9 Å². The number of halogens is 3. The van der Waals surface area contributed by atoms with Crippen LogP contribution < -0.4 is 15.4 Å². The molecule has 0 aliphatic carbocycles. The fourth-order valence-electron chi connectivity index (χ4n) is 5.04. The van der Waals surface area contributed by atoms with Crippen molar-refractivity contribution < 1.29 is 32.2 Å². The number of alkyl halides is 3. The van der Waals surface area contributed by atoms with E-state index in [1.807, 2.05) is 13.0 Å². The molecule has 2 amide bonds. The maximum atomic E-state index is 13.8. The average molecular weight is 643 g/mol. The van der Waals surface area contributed by atoms with Gasteiger partial charge in [-0.2, -0.15) is 13.2 Å². The number of anilines is 2. The molecule has 2 aromatic carbocycles. The van der Waals surface area contributed by atoms with E-state index in [9.17, 15) is 22.8 Å². The van der Waals surface area contributed by atoms with Crippen LogP contribution in [0.1, 0.15) is 53.0 Å². The van der Waals surface area contributed by atoms with E-state index in [0.717, 1.165) is 16.8 Å². The Bertz CT molecular complexity index is 1720. The van der Waals surface area contributed by atoms with Crippen molar-refractivity contribution >= 4 is 44.4 Å². The van der Waals surface area contributed by atoms with Crippen molar-refractivity contribution in [2.24, 2.45) is 0 Å². The number of hydrogen-bond donors (Lipinski definition) is 2. The minimum Gasteiger partial charge on any atom is -0.444 e. The van der Waals surface area contributed by atoms with E-state index in [2.05, 4.69) is 25.6 Å². The lowest BCUT2D eigenvalue weighted by Gasteiger charge is -2.39. The van der Waals surface area contributed by atoms with Gasteiger partial charge in [-0.15, -0.1) is 0 Å². The van der Waals surface area contributed by atoms with Gasteiger partial charge in [-0.1, -0.05) is 23.5 Å². The molecule has 1 aliphatic rings. The van der Waals surface area contributed by atoms with Crippen LogP contribution in [-0.4, -0.2) is 56.1 Å². The maximum absolute atomic E-state index is 13.8. The summed E-state index contributed by atoms with van der Waals surface area (Å²) in [6.07, 6.45) is -2.68. The number of fused-ring (bicyclic) bond motifs is 1. The van der Waals surface area contributed by atoms with Crippen LogP contribution in [0, 0.1) is 0 Å². The Morgan fingerprint density at radius 1 is 1.09 bits per heavy atom. The van der Waals surface area contributed by atoms with Gasteiger partial charge in [0.1, 0.15) is 17.4 Å². The number of carbonyl (C=O) groups excluding carboxylic acids is 2. The summed E-state index contributed by atoms with van der Waals surface area (Å²) >= 11 is 1.29. The van der Waals surface area contributed by atoms with Crippen LogP contribution >= 0.6 is 11.3 Å². The van der Waals surface area contributed by atoms with Gasteiger partial charge in [-0.3, -0.25) is 4.79 Å². The van der Waals surface area contributed by atoms with Crippen LogP contribution in [0.4, 0.5) is 28.8 Å². The lowest BCUT2D eigenvalue weighted by molar-refractivity contribution is -0.137. The topological polar surface area (TPSA) is 119 Å². The molecule has 14 heteroatoms. The molecule has 3 heterocycles. The second-order valence-corrected chi connectivity index (χ2v) is 12.8. The summed E-state index contributed by atoms with van der Waals surface area (Å²) in [6, 6.07) is 9.92. The summed E-state index contributed by atoms with van der Waals surface area (Å²) < 4.78 is 53.6. The monoisotopic (exact) mass is 642 g/mol. The number of thiazole rings is 1. The SMILES string of the molecule is CC(=O)Nc1nc2c(Oc3cc(-c4ccc(C(F)(F)F)cc4NC4CCN(C(=O)OC(C)(C)C)C(C)C4)ncn3)cccc2s1. The quantitative estimate of drug-likeness (QED) is 0.220. The number of nitrogens with one attached hydrogen (secondary N) is 2. The number of aromatic nitrogens is 3. The van der Waals surface area contributed by atoms with Crippen LogP contribution in [0.25, 0.3) is 21.5 Å². The number of benzene rings is 2. The molecule has 10 nitrogen and oxygen atoms in total. The Balaban J connectivity index is 1.40. The molecule has 0 bridgehead atoms. The number of ether oxygens (including phenoxy) is 2. The number of para-hydroxylation sites is 1. The van der Waals surface area contributed by atoms with E-state index < -0.39 is 23.4 Å². The second kappa shape index (κ2) is 12.5. The standard InChI is InChI=1S/C31H33F3N6O4S/c1-17-13-20(11-12-40(17)29(42)44-30(3,4)5)38-23-14-19(31(32,33)34)9-10-21(23)22-15-26(36-16-35-22)43-24-7-6-8-25-27(24)39-28(45-25)37-18(2)41/h6-10,14-17,20,38H,11-13H2,1-5H3,(H,37,39,41). The molecule has 0 radical (unpaired) electrons. The third kappa shape index (κ3) is 7.80. The predicted octanol–water partition coefficient (Wildman–Crippen LogP) is 7.72. The number of hydrogen-bond acceptors (Lipinski definition) is 9. The van der Waals surface area contributed by atoms with Gasteiger partial charge >= 0.3 is 12.3 Å². The fraction of sp³-hybridized carbons (Fsp3) is 0.387. The van der Waals surface area contributed by atoms with Gasteiger partial charge < -0.3 is 25.0 Å². The van der Waals surface area contributed by atoms with Crippen LogP contribution in [0.3, 0.4) is 0 Å². The number of amides is 2. The average Bonchev–Trinajstić information content (AvgIpc) is 3.34. The van der Waals surface area contributed by atoms with Crippen molar-refractivity contribution in [1.29, 1.82) is 0 Å². The summed E-state index contributed by atoms with van der Waals surface area (Å²) in [5.41, 5.74) is 0.108. The highest BCUT2D eigenvalue weighted by Gasteiger charge is 2.34. The van der Waals surface area contributed by atoms with E-state index in [0.29, 0.717) is 47.0 Å². The highest BCUT2D eigenvalue weighted by molar-refractivity contribution is 7.22. The molecule has 4 aromatic rings. The Hall–Kier alpha value is -4.46. The fourth-order valence-corrected chi connectivity index (χ4v) is 5.97. The van der Waals surface area contributed by atoms with Crippen LogP contribution in [0.2, 0.25) is 0 Å². The Kier molecular flexibility index (Phi) is 8.88. The number of carbonyl (C=O) groups is 2. The molecule has 0 spiro atoms. The van der Waals surface area contributed by atoms with Crippen LogP contribution in [0.5, 0.6) is 11.6 Å². The minimum atomic E-state index is -4.55. The molecule has 238 valence electrons. The summed E-state index contributed by atoms with van der Waals surface area (Å²) in [5.74, 6) is 0.300. The molecule has 1 fully saturated rings. The Morgan fingerprint density at radius 2 is 1.87 bits per heavy atom. The van der Waals surface area contributed by atoms with Gasteiger partial charge in [0, 0.05) is 42.9 Å². The summed E-state index contributed by atoms with van der Waals surface area (Å²) in [5, 5.41) is 6.37. The van der Waals surface area contributed by atoms with E-state index in [4.69, 9.17) is 9.47 Å². The first-order valence-electron chi connectivity index (χ1n) is 14.3. The van der Waals surface area contributed by atoms with Crippen molar-refractivity contribution in [3.63, 3.8) is 0 Å². The molecule has 1 aliphatic heterocycles. The first-order chi connectivity index (χ1) is 21.2. The van der Waals surface area contributed by atoms with Gasteiger partial charge in [-0.05, 0) is 64.8 Å². The Labute approximate surface area is 262 Å². The van der Waals surface area contributed by atoms with E-state index in [1.165, 1.54) is 30.7 Å². The molecule has 0 saturated carbocycles. The molecule has 1 saturated heterocycles. The molecule has 2 atom stereocenters. The maximum Gasteiger partial charge on any atom is 0.416 e. The zero-order valence-electron chi connectivity index (χ0n) is 25.4. The highest BCUT2D eigenvalue weighted by atomic mass is 32.1. The van der Waals surface area contributed by atoms with Gasteiger partial charge in [0.25, 0.3) is 0 Å². The molecular weight excluding hydrogens is 609 g/mol. The van der Waals surface area contributed by atoms with Gasteiger partial charge in [0.2, 0.25) is 11.8 Å². The van der Waals surface area contributed by atoms with E-state index in [1.54, 1.807) is 43.9 Å². The molecule has 5 rings (SSSR count). The highest BCUT2D eigenvalue weighted by Crippen LogP contribution is 2.38. The van der Waals surface area contributed by atoms with E-state index >= 15 is 0 Å². The largest absolute Gasteiger partial charge is 0.444 e. The minimum absolute atomic E-state index is 0.159. The van der Waals surface area contributed by atoms with Crippen molar-refractivity contribution in [2.45, 2.75) is 71.3 Å². The predicted molar refractivity (Wildman–Crippen MR) is 166 cm³/mol. The Morgan fingerprint density at radius 3 is 2.56 bits per heavy atom. The van der Waals surface area contributed by atoms with E-state index in [-0.39, 0.29) is 29.6 Å². The number of nitrogens with zero attached hydrogens (tertiary/aromatic N) is 4. The van der Waals surface area contributed by atoms with Crippen LogP contribution in [0.15, 0.2) is 48.8 Å². The van der Waals surface area contributed by atoms with Gasteiger partial charge in [-0.25, -0.2) is 19.7 Å². The first-order valence-corrected chi connectivity index (χ1v) is 15.1. The summed E-state index contributed by atoms with van der Waals surface area (Å²) in [4.78, 5) is 38.8. The molecule has 2 aromatic heterocycles. The van der Waals surface area contributed by atoms with Crippen LogP contribution in [-0.2, 0) is 15.7 Å².